The lowest BCUT2D eigenvalue weighted by molar-refractivity contribution is -0.384. The monoisotopic (exact) mass is 263 g/mol. The van der Waals surface area contributed by atoms with Gasteiger partial charge in [0, 0.05) is 17.9 Å². The second-order valence-electron chi connectivity index (χ2n) is 4.72. The molecule has 1 aromatic rings. The summed E-state index contributed by atoms with van der Waals surface area (Å²) < 4.78 is 0. The molecule has 1 aliphatic heterocycles. The first kappa shape index (κ1) is 11.5. The molecule has 0 spiro atoms. The second kappa shape index (κ2) is 3.98. The third kappa shape index (κ3) is 1.77. The van der Waals surface area contributed by atoms with Gasteiger partial charge in [0.2, 0.25) is 0 Å². The molecule has 1 aromatic carbocycles. The number of non-ortho nitro benzene ring substituents is 1. The zero-order valence-corrected chi connectivity index (χ0v) is 10.5. The molecule has 3 rings (SSSR count). The van der Waals surface area contributed by atoms with Gasteiger partial charge in [-0.25, -0.2) is 0 Å². The number of amidine groups is 1. The number of nitrogens with zero attached hydrogens (tertiary/aromatic N) is 2. The molecular weight excluding hydrogens is 250 g/mol. The van der Waals surface area contributed by atoms with Gasteiger partial charge >= 0.3 is 0 Å². The van der Waals surface area contributed by atoms with E-state index in [0.717, 1.165) is 24.2 Å². The van der Waals surface area contributed by atoms with E-state index in [1.54, 1.807) is 23.9 Å². The van der Waals surface area contributed by atoms with Gasteiger partial charge in [-0.1, -0.05) is 23.9 Å². The van der Waals surface area contributed by atoms with Crippen LogP contribution in [-0.4, -0.2) is 15.8 Å². The van der Waals surface area contributed by atoms with Gasteiger partial charge in [-0.2, -0.15) is 0 Å². The molecule has 1 saturated carbocycles. The Labute approximate surface area is 109 Å². The smallest absolute Gasteiger partial charge is 0.269 e. The minimum absolute atomic E-state index is 0.123. The first-order valence-corrected chi connectivity index (χ1v) is 6.83. The number of benzene rings is 1. The Balaban J connectivity index is 2.02. The maximum absolute atomic E-state index is 10.8. The highest BCUT2D eigenvalue weighted by atomic mass is 32.2. The Morgan fingerprint density at radius 2 is 2.39 bits per heavy atom. The normalized spacial score (nSPS) is 30.0. The lowest BCUT2D eigenvalue weighted by atomic mass is 10.0. The minimum atomic E-state index is -0.365. The summed E-state index contributed by atoms with van der Waals surface area (Å²) in [4.78, 5) is 15.0. The lowest BCUT2D eigenvalue weighted by Crippen LogP contribution is -2.13. The molecule has 2 atom stereocenters. The second-order valence-corrected chi connectivity index (χ2v) is 5.84. The van der Waals surface area contributed by atoms with E-state index in [0.29, 0.717) is 11.1 Å². The quantitative estimate of drug-likeness (QED) is 0.655. The molecule has 0 bridgehead atoms. The van der Waals surface area contributed by atoms with Crippen molar-refractivity contribution in [2.24, 2.45) is 16.6 Å². The molecule has 0 aromatic heterocycles. The highest BCUT2D eigenvalue weighted by Gasteiger charge is 2.56. The van der Waals surface area contributed by atoms with Crippen LogP contribution in [-0.2, 0) is 5.54 Å². The molecule has 5 nitrogen and oxygen atoms in total. The number of aliphatic imine (C=N–C) groups is 1. The fourth-order valence-corrected chi connectivity index (χ4v) is 3.47. The number of nitro groups is 1. The number of hydrogen-bond acceptors (Lipinski definition) is 5. The van der Waals surface area contributed by atoms with E-state index in [2.05, 4.69) is 4.99 Å². The van der Waals surface area contributed by atoms with Crippen molar-refractivity contribution in [2.75, 3.05) is 5.75 Å². The van der Waals surface area contributed by atoms with Crippen molar-refractivity contribution in [2.45, 2.75) is 18.4 Å². The van der Waals surface area contributed by atoms with E-state index in [-0.39, 0.29) is 16.1 Å². The molecule has 94 valence electrons. The van der Waals surface area contributed by atoms with Gasteiger partial charge < -0.3 is 5.73 Å². The fourth-order valence-electron chi connectivity index (χ4n) is 2.64. The molecule has 1 heterocycles. The predicted molar refractivity (Wildman–Crippen MR) is 71.6 cm³/mol. The van der Waals surface area contributed by atoms with Crippen molar-refractivity contribution in [3.63, 3.8) is 0 Å². The van der Waals surface area contributed by atoms with Gasteiger partial charge in [-0.05, 0) is 24.3 Å². The molecule has 6 heteroatoms. The van der Waals surface area contributed by atoms with Crippen molar-refractivity contribution in [1.29, 1.82) is 0 Å². The number of nitrogens with two attached hydrogens (primary N) is 1. The number of rotatable bonds is 2. The Morgan fingerprint density at radius 1 is 1.56 bits per heavy atom. The largest absolute Gasteiger partial charge is 0.379 e. The summed E-state index contributed by atoms with van der Waals surface area (Å²) >= 11 is 1.57. The number of hydrogen-bond donors (Lipinski definition) is 1. The van der Waals surface area contributed by atoms with Crippen molar-refractivity contribution in [3.8, 4) is 0 Å². The lowest BCUT2D eigenvalue weighted by Gasteiger charge is -2.12. The van der Waals surface area contributed by atoms with Crippen LogP contribution in [0.15, 0.2) is 29.3 Å². The summed E-state index contributed by atoms with van der Waals surface area (Å²) in [5.41, 5.74) is 6.61. The van der Waals surface area contributed by atoms with Crippen molar-refractivity contribution < 1.29 is 4.92 Å². The van der Waals surface area contributed by atoms with Crippen molar-refractivity contribution in [1.82, 2.24) is 0 Å². The van der Waals surface area contributed by atoms with Crippen LogP contribution in [0, 0.1) is 16.0 Å². The van der Waals surface area contributed by atoms with Crippen LogP contribution >= 0.6 is 11.8 Å². The fraction of sp³-hybridized carbons (Fsp3) is 0.417. The average Bonchev–Trinajstić information content (AvgIpc) is 3.04. The topological polar surface area (TPSA) is 81.5 Å². The van der Waals surface area contributed by atoms with Gasteiger partial charge in [0.1, 0.15) is 0 Å². The molecule has 18 heavy (non-hydrogen) atoms. The number of thioether (sulfide) groups is 1. The summed E-state index contributed by atoms with van der Waals surface area (Å²) in [7, 11) is 0. The maximum atomic E-state index is 10.8. The van der Waals surface area contributed by atoms with Crippen molar-refractivity contribution in [3.05, 3.63) is 39.9 Å². The summed E-state index contributed by atoms with van der Waals surface area (Å²) in [6.45, 7) is 0. The van der Waals surface area contributed by atoms with Crippen LogP contribution < -0.4 is 5.73 Å². The highest BCUT2D eigenvalue weighted by Crippen LogP contribution is 2.59. The summed E-state index contributed by atoms with van der Waals surface area (Å²) in [6.07, 6.45) is 2.02. The molecule has 2 N–H and O–H groups in total. The molecule has 0 radical (unpaired) electrons. The minimum Gasteiger partial charge on any atom is -0.379 e. The van der Waals surface area contributed by atoms with Gasteiger partial charge in [0.05, 0.1) is 10.5 Å². The third-order valence-electron chi connectivity index (χ3n) is 3.66. The first-order valence-electron chi connectivity index (χ1n) is 5.85. The molecule has 0 unspecified atom stereocenters. The Hall–Kier alpha value is -1.56. The summed E-state index contributed by atoms with van der Waals surface area (Å²) in [6, 6.07) is 6.78. The highest BCUT2D eigenvalue weighted by molar-refractivity contribution is 8.13. The maximum Gasteiger partial charge on any atom is 0.269 e. The first-order chi connectivity index (χ1) is 8.62. The molecule has 0 amide bonds. The third-order valence-corrected chi connectivity index (χ3v) is 4.48. The number of fused-ring (bicyclic) bond motifs is 1. The molecular formula is C12H13N3O2S. The molecule has 0 saturated heterocycles. The van der Waals surface area contributed by atoms with E-state index < -0.39 is 0 Å². The van der Waals surface area contributed by atoms with Crippen LogP contribution in [0.2, 0.25) is 0 Å². The van der Waals surface area contributed by atoms with Gasteiger partial charge in [-0.15, -0.1) is 0 Å². The van der Waals surface area contributed by atoms with Crippen LogP contribution in [0.1, 0.15) is 18.4 Å². The van der Waals surface area contributed by atoms with E-state index in [9.17, 15) is 10.1 Å². The Bertz CT molecular complexity index is 546. The van der Waals surface area contributed by atoms with Crippen LogP contribution in [0.25, 0.3) is 0 Å². The Kier molecular flexibility index (Phi) is 2.55. The summed E-state index contributed by atoms with van der Waals surface area (Å²) in [5, 5.41) is 11.4. The van der Waals surface area contributed by atoms with Crippen LogP contribution in [0.3, 0.4) is 0 Å². The Morgan fingerprint density at radius 3 is 3.17 bits per heavy atom. The van der Waals surface area contributed by atoms with Crippen LogP contribution in [0.4, 0.5) is 5.69 Å². The zero-order valence-electron chi connectivity index (χ0n) is 9.70. The SMILES string of the molecule is NC1=N[C@]2(c3cccc([N+](=O)[O-])c3)C[C@@H]2CCS1. The zero-order chi connectivity index (χ0) is 12.8. The molecule has 1 fully saturated rings. The molecule has 1 aliphatic carbocycles. The number of nitro benzene ring substituents is 1. The van der Waals surface area contributed by atoms with E-state index in [1.165, 1.54) is 6.07 Å². The van der Waals surface area contributed by atoms with Gasteiger partial charge in [0.25, 0.3) is 5.69 Å². The molecule has 2 aliphatic rings. The van der Waals surface area contributed by atoms with E-state index >= 15 is 0 Å². The van der Waals surface area contributed by atoms with Gasteiger partial charge in [-0.3, -0.25) is 15.1 Å². The summed E-state index contributed by atoms with van der Waals surface area (Å²) in [5.74, 6) is 1.46. The standard InChI is InChI=1S/C12H13N3O2S/c13-11-14-12(7-9(12)4-5-18-11)8-2-1-3-10(6-8)15(16)17/h1-3,6,9H,4-5,7H2,(H2,13,14)/t9-,12-/m0/s1. The predicted octanol–water partition coefficient (Wildman–Crippen LogP) is 2.26. The van der Waals surface area contributed by atoms with Crippen molar-refractivity contribution >= 4 is 22.6 Å². The van der Waals surface area contributed by atoms with E-state index in [4.69, 9.17) is 5.73 Å². The average molecular weight is 263 g/mol. The van der Waals surface area contributed by atoms with Crippen LogP contribution in [0.5, 0.6) is 0 Å². The van der Waals surface area contributed by atoms with E-state index in [1.807, 2.05) is 6.07 Å². The van der Waals surface area contributed by atoms with Gasteiger partial charge in [0.15, 0.2) is 5.17 Å².